The van der Waals surface area contributed by atoms with E-state index in [1.807, 2.05) is 0 Å². The molecule has 0 spiro atoms. The molecule has 96 valence electrons. The largest absolute Gasteiger partial charge is 0.397 e. The van der Waals surface area contributed by atoms with Gasteiger partial charge < -0.3 is 16.4 Å². The summed E-state index contributed by atoms with van der Waals surface area (Å²) in [5, 5.41) is 5.43. The van der Waals surface area contributed by atoms with Crippen molar-refractivity contribution < 1.29 is 9.59 Å². The Balaban J connectivity index is 2.11. The van der Waals surface area contributed by atoms with Crippen LogP contribution < -0.4 is 16.4 Å². The number of nitrogens with two attached hydrogens (primary N) is 1. The maximum Gasteiger partial charge on any atom is 0.253 e. The van der Waals surface area contributed by atoms with Crippen molar-refractivity contribution >= 4 is 17.5 Å². The molecule has 1 aromatic heterocycles. The second-order valence-corrected chi connectivity index (χ2v) is 4.36. The fraction of sp³-hybridized carbons (Fsp3) is 0.417. The number of anilines is 1. The van der Waals surface area contributed by atoms with Gasteiger partial charge in [-0.3, -0.25) is 14.6 Å². The van der Waals surface area contributed by atoms with Crippen LogP contribution in [-0.2, 0) is 4.79 Å². The summed E-state index contributed by atoms with van der Waals surface area (Å²) >= 11 is 0. The molecular weight excluding hydrogens is 232 g/mol. The summed E-state index contributed by atoms with van der Waals surface area (Å²) in [4.78, 5) is 27.6. The number of nitrogens with one attached hydrogen (secondary N) is 2. The first-order chi connectivity index (χ1) is 8.58. The van der Waals surface area contributed by atoms with Crippen LogP contribution in [-0.4, -0.2) is 29.4 Å². The van der Waals surface area contributed by atoms with E-state index in [0.717, 1.165) is 6.42 Å². The van der Waals surface area contributed by atoms with Crippen LogP contribution in [0.2, 0.25) is 0 Å². The van der Waals surface area contributed by atoms with Gasteiger partial charge in [-0.1, -0.05) is 0 Å². The molecule has 0 radical (unpaired) electrons. The number of pyridine rings is 1. The van der Waals surface area contributed by atoms with Crippen molar-refractivity contribution in [2.75, 3.05) is 12.3 Å². The van der Waals surface area contributed by atoms with E-state index in [2.05, 4.69) is 15.6 Å². The number of nitrogen functional groups attached to an aromatic ring is 1. The molecule has 1 aliphatic rings. The Morgan fingerprint density at radius 1 is 1.61 bits per heavy atom. The van der Waals surface area contributed by atoms with Crippen LogP contribution in [0.15, 0.2) is 12.3 Å². The Bertz CT molecular complexity index is 487. The molecule has 6 nitrogen and oxygen atoms in total. The number of rotatable bonds is 2. The fourth-order valence-corrected chi connectivity index (χ4v) is 1.92. The van der Waals surface area contributed by atoms with Gasteiger partial charge in [0.25, 0.3) is 5.91 Å². The van der Waals surface area contributed by atoms with E-state index in [1.54, 1.807) is 13.0 Å². The summed E-state index contributed by atoms with van der Waals surface area (Å²) < 4.78 is 0. The van der Waals surface area contributed by atoms with Gasteiger partial charge in [-0.05, 0) is 25.8 Å². The number of carbonyl (C=O) groups is 2. The minimum atomic E-state index is -0.466. The first kappa shape index (κ1) is 12.3. The van der Waals surface area contributed by atoms with Crippen LogP contribution in [0.3, 0.4) is 0 Å². The van der Waals surface area contributed by atoms with Gasteiger partial charge >= 0.3 is 0 Å². The van der Waals surface area contributed by atoms with Crippen LogP contribution >= 0.6 is 0 Å². The van der Waals surface area contributed by atoms with Gasteiger partial charge in [0.2, 0.25) is 5.91 Å². The van der Waals surface area contributed by atoms with E-state index in [1.165, 1.54) is 6.20 Å². The molecule has 1 atom stereocenters. The molecule has 1 saturated heterocycles. The summed E-state index contributed by atoms with van der Waals surface area (Å²) in [7, 11) is 0. The van der Waals surface area contributed by atoms with Crippen LogP contribution in [0.1, 0.15) is 28.9 Å². The van der Waals surface area contributed by atoms with E-state index in [9.17, 15) is 9.59 Å². The van der Waals surface area contributed by atoms with E-state index in [0.29, 0.717) is 29.9 Å². The van der Waals surface area contributed by atoms with Crippen molar-refractivity contribution in [3.05, 3.63) is 23.5 Å². The zero-order valence-corrected chi connectivity index (χ0v) is 10.2. The van der Waals surface area contributed by atoms with Crippen molar-refractivity contribution in [3.8, 4) is 0 Å². The Morgan fingerprint density at radius 3 is 3.11 bits per heavy atom. The summed E-state index contributed by atoms with van der Waals surface area (Å²) in [6.45, 7) is 2.40. The van der Waals surface area contributed by atoms with E-state index < -0.39 is 6.04 Å². The predicted octanol–water partition coefficient (Wildman–Crippen LogP) is -0.0194. The highest BCUT2D eigenvalue weighted by Crippen LogP contribution is 2.11. The van der Waals surface area contributed by atoms with Crippen molar-refractivity contribution in [1.29, 1.82) is 0 Å². The molecule has 2 heterocycles. The SMILES string of the molecule is Cc1ncc(N)cc1C(=O)NC1CCCNC1=O. The van der Waals surface area contributed by atoms with Gasteiger partial charge in [-0.25, -0.2) is 0 Å². The zero-order valence-electron chi connectivity index (χ0n) is 10.2. The van der Waals surface area contributed by atoms with Gasteiger partial charge in [-0.15, -0.1) is 0 Å². The summed E-state index contributed by atoms with van der Waals surface area (Å²) in [6, 6.07) is 1.10. The third-order valence-corrected chi connectivity index (χ3v) is 2.94. The molecule has 18 heavy (non-hydrogen) atoms. The van der Waals surface area contributed by atoms with Gasteiger partial charge in [0.1, 0.15) is 6.04 Å². The lowest BCUT2D eigenvalue weighted by molar-refractivity contribution is -0.124. The summed E-state index contributed by atoms with van der Waals surface area (Å²) in [5.41, 5.74) is 7.04. The number of aromatic nitrogens is 1. The normalized spacial score (nSPS) is 19.2. The lowest BCUT2D eigenvalue weighted by atomic mass is 10.1. The molecule has 1 aromatic rings. The average Bonchev–Trinajstić information content (AvgIpc) is 2.35. The maximum absolute atomic E-state index is 12.0. The molecule has 6 heteroatoms. The molecule has 0 aliphatic carbocycles. The second kappa shape index (κ2) is 5.03. The van der Waals surface area contributed by atoms with Crippen LogP contribution in [0.5, 0.6) is 0 Å². The van der Waals surface area contributed by atoms with Crippen LogP contribution in [0.25, 0.3) is 0 Å². The standard InChI is InChI=1S/C12H16N4O2/c1-7-9(5-8(13)6-15-7)11(17)16-10-3-2-4-14-12(10)18/h5-6,10H,2-4,13H2,1H3,(H,14,18)(H,16,17). The molecule has 0 bridgehead atoms. The second-order valence-electron chi connectivity index (χ2n) is 4.36. The minimum Gasteiger partial charge on any atom is -0.397 e. The summed E-state index contributed by atoms with van der Waals surface area (Å²) in [6.07, 6.45) is 3.02. The number of carbonyl (C=O) groups excluding carboxylic acids is 2. The number of piperidine rings is 1. The first-order valence-corrected chi connectivity index (χ1v) is 5.88. The van der Waals surface area contributed by atoms with E-state index in [4.69, 9.17) is 5.73 Å². The molecule has 1 aliphatic heterocycles. The number of aryl methyl sites for hydroxylation is 1. The van der Waals surface area contributed by atoms with Gasteiger partial charge in [0.15, 0.2) is 0 Å². The van der Waals surface area contributed by atoms with E-state index in [-0.39, 0.29) is 11.8 Å². The predicted molar refractivity (Wildman–Crippen MR) is 66.9 cm³/mol. The minimum absolute atomic E-state index is 0.135. The van der Waals surface area contributed by atoms with Crippen LogP contribution in [0, 0.1) is 6.92 Å². The molecule has 2 amide bonds. The van der Waals surface area contributed by atoms with Crippen molar-refractivity contribution in [3.63, 3.8) is 0 Å². The Morgan fingerprint density at radius 2 is 2.39 bits per heavy atom. The molecule has 0 aromatic carbocycles. The van der Waals surface area contributed by atoms with Gasteiger partial charge in [0.05, 0.1) is 23.1 Å². The number of amides is 2. The number of hydrogen-bond donors (Lipinski definition) is 3. The van der Waals surface area contributed by atoms with Crippen molar-refractivity contribution in [2.45, 2.75) is 25.8 Å². The van der Waals surface area contributed by atoms with E-state index >= 15 is 0 Å². The monoisotopic (exact) mass is 248 g/mol. The lowest BCUT2D eigenvalue weighted by Crippen LogP contribution is -2.50. The molecule has 0 saturated carbocycles. The number of hydrogen-bond acceptors (Lipinski definition) is 4. The lowest BCUT2D eigenvalue weighted by Gasteiger charge is -2.23. The van der Waals surface area contributed by atoms with Gasteiger partial charge in [0, 0.05) is 6.54 Å². The topological polar surface area (TPSA) is 97.1 Å². The van der Waals surface area contributed by atoms with Gasteiger partial charge in [-0.2, -0.15) is 0 Å². The fourth-order valence-electron chi connectivity index (χ4n) is 1.92. The smallest absolute Gasteiger partial charge is 0.253 e. The zero-order chi connectivity index (χ0) is 13.1. The highest BCUT2D eigenvalue weighted by atomic mass is 16.2. The molecule has 1 fully saturated rings. The molecular formula is C12H16N4O2. The third kappa shape index (κ3) is 2.58. The number of nitrogens with zero attached hydrogens (tertiary/aromatic N) is 1. The van der Waals surface area contributed by atoms with Crippen molar-refractivity contribution in [1.82, 2.24) is 15.6 Å². The quantitative estimate of drug-likeness (QED) is 0.685. The average molecular weight is 248 g/mol. The third-order valence-electron chi connectivity index (χ3n) is 2.94. The van der Waals surface area contributed by atoms with Crippen molar-refractivity contribution in [2.24, 2.45) is 0 Å². The maximum atomic E-state index is 12.0. The first-order valence-electron chi connectivity index (χ1n) is 5.88. The highest BCUT2D eigenvalue weighted by Gasteiger charge is 2.24. The molecule has 2 rings (SSSR count). The Labute approximate surface area is 105 Å². The summed E-state index contributed by atoms with van der Waals surface area (Å²) in [5.74, 6) is -0.446. The highest BCUT2D eigenvalue weighted by molar-refractivity contribution is 5.99. The molecule has 1 unspecified atom stereocenters. The van der Waals surface area contributed by atoms with Crippen LogP contribution in [0.4, 0.5) is 5.69 Å². The molecule has 4 N–H and O–H groups in total. The Hall–Kier alpha value is -2.11. The Kier molecular flexibility index (Phi) is 3.45.